The second-order valence-corrected chi connectivity index (χ2v) is 14.0. The molecule has 0 aliphatic carbocycles. The maximum atomic E-state index is 14.5. The van der Waals surface area contributed by atoms with Crippen LogP contribution in [0.4, 0.5) is 22.0 Å². The first kappa shape index (κ1) is 45.1. The maximum absolute atomic E-state index is 14.5. The lowest BCUT2D eigenvalue weighted by molar-refractivity contribution is -0.165. The number of fused-ring (bicyclic) bond motifs is 1. The van der Waals surface area contributed by atoms with Crippen molar-refractivity contribution < 1.29 is 56.8 Å². The second kappa shape index (κ2) is 20.2. The zero-order valence-electron chi connectivity index (χ0n) is 31.3. The molecule has 310 valence electrons. The first-order valence-corrected chi connectivity index (χ1v) is 18.8. The Bertz CT molecular complexity index is 2240. The molecule has 5 rings (SSSR count). The van der Waals surface area contributed by atoms with Crippen LogP contribution in [-0.4, -0.2) is 96.0 Å². The van der Waals surface area contributed by atoms with Gasteiger partial charge in [0.15, 0.2) is 23.8 Å². The molecule has 2 atom stereocenters. The van der Waals surface area contributed by atoms with Gasteiger partial charge in [0.2, 0.25) is 5.91 Å². The Balaban J connectivity index is 0.000000657. The van der Waals surface area contributed by atoms with Gasteiger partial charge in [0.05, 0.1) is 10.9 Å². The molecule has 0 aliphatic heterocycles. The molecule has 5 aromatic rings. The molecule has 0 spiro atoms. The van der Waals surface area contributed by atoms with Gasteiger partial charge in [-0.05, 0) is 66.5 Å². The standard InChI is InChI=1S/C36H35F5N4O2S.C4H6O6/c1-3-43(4-2)20-21-44(22-24-12-14-25(15-13-24)30-17-18-31(48-30)36(39,40)41)33(46)23-45-29-11-6-5-9-27(29)35(47)42-32(45)19-16-26-8-7-10-28(37)34(26)38;5-1(3(7)8)2(6)4(9)10/h5-15,17-18H,3-4,16,19-23H2,1-2H3;1-2,5-6H,(H,7,8)(H,9,10)/t;1-,2-/m.1/s1. The number of aryl methyl sites for hydroxylation is 2. The summed E-state index contributed by atoms with van der Waals surface area (Å²) >= 11 is 0.677. The lowest BCUT2D eigenvalue weighted by atomic mass is 10.1. The molecule has 18 heteroatoms. The van der Waals surface area contributed by atoms with Gasteiger partial charge in [0.25, 0.3) is 5.56 Å². The van der Waals surface area contributed by atoms with E-state index in [9.17, 15) is 41.1 Å². The molecule has 2 heterocycles. The number of amides is 1. The molecule has 1 amide bonds. The van der Waals surface area contributed by atoms with Gasteiger partial charge >= 0.3 is 18.1 Å². The van der Waals surface area contributed by atoms with Crippen molar-refractivity contribution in [3.05, 3.63) is 123 Å². The number of para-hydroxylation sites is 1. The van der Waals surface area contributed by atoms with Crippen LogP contribution in [0.1, 0.15) is 35.7 Å². The fourth-order valence-electron chi connectivity index (χ4n) is 5.86. The van der Waals surface area contributed by atoms with Gasteiger partial charge in [-0.25, -0.2) is 18.4 Å². The predicted molar refractivity (Wildman–Crippen MR) is 205 cm³/mol. The van der Waals surface area contributed by atoms with Crippen LogP contribution >= 0.6 is 11.3 Å². The van der Waals surface area contributed by atoms with Crippen LogP contribution in [0.15, 0.2) is 83.7 Å². The van der Waals surface area contributed by atoms with Crippen LogP contribution in [0.2, 0.25) is 0 Å². The molecular formula is C40H41F5N4O8S. The maximum Gasteiger partial charge on any atom is 0.425 e. The number of hydrogen-bond donors (Lipinski definition) is 4. The zero-order chi connectivity index (χ0) is 42.7. The molecule has 4 N–H and O–H groups in total. The van der Waals surface area contributed by atoms with Crippen molar-refractivity contribution in [2.75, 3.05) is 26.2 Å². The highest BCUT2D eigenvalue weighted by atomic mass is 32.1. The number of carbonyl (C=O) groups is 3. The van der Waals surface area contributed by atoms with Gasteiger partial charge in [-0.2, -0.15) is 18.2 Å². The highest BCUT2D eigenvalue weighted by Gasteiger charge is 2.32. The van der Waals surface area contributed by atoms with Gasteiger partial charge in [-0.3, -0.25) is 9.59 Å². The number of carboxylic acid groups (broad SMARTS) is 2. The minimum Gasteiger partial charge on any atom is -0.479 e. The lowest BCUT2D eigenvalue weighted by Gasteiger charge is -2.28. The van der Waals surface area contributed by atoms with Crippen molar-refractivity contribution in [1.82, 2.24) is 19.4 Å². The second-order valence-electron chi connectivity index (χ2n) is 12.9. The number of thiophene rings is 1. The van der Waals surface area contributed by atoms with Gasteiger partial charge in [-0.1, -0.05) is 62.4 Å². The molecule has 2 aromatic heterocycles. The number of aliphatic carboxylic acids is 2. The third-order valence-electron chi connectivity index (χ3n) is 9.15. The van der Waals surface area contributed by atoms with E-state index < -0.39 is 52.4 Å². The van der Waals surface area contributed by atoms with Crippen LogP contribution in [0.3, 0.4) is 0 Å². The quantitative estimate of drug-likeness (QED) is 0.0937. The summed E-state index contributed by atoms with van der Waals surface area (Å²) in [6.07, 6.45) is -8.78. The molecule has 0 unspecified atom stereocenters. The predicted octanol–water partition coefficient (Wildman–Crippen LogP) is 5.46. The number of aromatic nitrogens is 2. The molecule has 0 radical (unpaired) electrons. The van der Waals surface area contributed by atoms with Gasteiger partial charge < -0.3 is 34.8 Å². The molecule has 0 saturated heterocycles. The van der Waals surface area contributed by atoms with Gasteiger partial charge in [0.1, 0.15) is 17.2 Å². The number of carbonyl (C=O) groups excluding carboxylic acids is 1. The van der Waals surface area contributed by atoms with E-state index in [0.29, 0.717) is 45.8 Å². The molecule has 58 heavy (non-hydrogen) atoms. The summed E-state index contributed by atoms with van der Waals surface area (Å²) in [4.78, 5) is 54.6. The molecule has 0 bridgehead atoms. The molecule has 0 fully saturated rings. The summed E-state index contributed by atoms with van der Waals surface area (Å²) in [5.41, 5.74) is 1.60. The normalized spacial score (nSPS) is 12.5. The summed E-state index contributed by atoms with van der Waals surface area (Å²) < 4.78 is 69.4. The number of benzene rings is 3. The van der Waals surface area contributed by atoms with Crippen LogP contribution in [0.5, 0.6) is 0 Å². The molecule has 0 saturated carbocycles. The van der Waals surface area contributed by atoms with E-state index in [2.05, 4.69) is 9.88 Å². The van der Waals surface area contributed by atoms with Crippen molar-refractivity contribution in [3.63, 3.8) is 0 Å². The van der Waals surface area contributed by atoms with Crippen LogP contribution in [0, 0.1) is 11.6 Å². The first-order chi connectivity index (χ1) is 27.4. The van der Waals surface area contributed by atoms with Crippen molar-refractivity contribution in [3.8, 4) is 10.4 Å². The van der Waals surface area contributed by atoms with E-state index in [1.54, 1.807) is 58.0 Å². The van der Waals surface area contributed by atoms with E-state index in [4.69, 9.17) is 20.4 Å². The number of alkyl halides is 3. The molecule has 12 nitrogen and oxygen atoms in total. The van der Waals surface area contributed by atoms with Crippen molar-refractivity contribution in [2.45, 2.75) is 58.2 Å². The van der Waals surface area contributed by atoms with Crippen molar-refractivity contribution in [2.24, 2.45) is 0 Å². The van der Waals surface area contributed by atoms with Crippen LogP contribution < -0.4 is 5.56 Å². The summed E-state index contributed by atoms with van der Waals surface area (Å²) in [5, 5.41) is 32.9. The average Bonchev–Trinajstić information content (AvgIpc) is 3.71. The highest BCUT2D eigenvalue weighted by molar-refractivity contribution is 7.15. The summed E-state index contributed by atoms with van der Waals surface area (Å²) in [5.74, 6) is -5.43. The fourth-order valence-corrected chi connectivity index (χ4v) is 6.74. The minimum absolute atomic E-state index is 0.0648. The van der Waals surface area contributed by atoms with E-state index in [0.717, 1.165) is 30.8 Å². The third kappa shape index (κ3) is 11.7. The van der Waals surface area contributed by atoms with E-state index in [-0.39, 0.29) is 43.2 Å². The Morgan fingerprint density at radius 2 is 1.47 bits per heavy atom. The van der Waals surface area contributed by atoms with Gasteiger partial charge in [-0.15, -0.1) is 11.3 Å². The monoisotopic (exact) mass is 832 g/mol. The number of carboxylic acids is 2. The van der Waals surface area contributed by atoms with E-state index in [1.807, 2.05) is 13.8 Å². The highest BCUT2D eigenvalue weighted by Crippen LogP contribution is 2.38. The summed E-state index contributed by atoms with van der Waals surface area (Å²) in [6.45, 7) is 6.77. The Hall–Kier alpha value is -5.56. The molecule has 3 aromatic carbocycles. The van der Waals surface area contributed by atoms with E-state index in [1.165, 1.54) is 18.2 Å². The number of halogens is 5. The zero-order valence-corrected chi connectivity index (χ0v) is 32.1. The summed E-state index contributed by atoms with van der Waals surface area (Å²) in [7, 11) is 0. The minimum atomic E-state index is -4.41. The van der Waals surface area contributed by atoms with Crippen LogP contribution in [0.25, 0.3) is 21.3 Å². The lowest BCUT2D eigenvalue weighted by Crippen LogP contribution is -2.40. The number of nitrogens with zero attached hydrogens (tertiary/aromatic N) is 4. The number of hydrogen-bond acceptors (Lipinski definition) is 9. The average molecular weight is 833 g/mol. The largest absolute Gasteiger partial charge is 0.479 e. The molecule has 0 aliphatic rings. The Morgan fingerprint density at radius 1 is 0.828 bits per heavy atom. The smallest absolute Gasteiger partial charge is 0.425 e. The summed E-state index contributed by atoms with van der Waals surface area (Å²) in [6, 6.07) is 20.4. The third-order valence-corrected chi connectivity index (χ3v) is 10.3. The fraction of sp³-hybridized carbons (Fsp3) is 0.325. The Labute approximate surface area is 333 Å². The van der Waals surface area contributed by atoms with Crippen LogP contribution in [-0.2, 0) is 46.5 Å². The topological polar surface area (TPSA) is 174 Å². The molecular weight excluding hydrogens is 792 g/mol. The number of aliphatic hydroxyl groups excluding tert-OH is 2. The van der Waals surface area contributed by atoms with E-state index >= 15 is 0 Å². The Morgan fingerprint density at radius 3 is 2.05 bits per heavy atom. The van der Waals surface area contributed by atoms with Crippen molar-refractivity contribution in [1.29, 1.82) is 0 Å². The number of aliphatic hydroxyl groups is 2. The van der Waals surface area contributed by atoms with Gasteiger partial charge in [0, 0.05) is 30.9 Å². The SMILES string of the molecule is CCN(CC)CCN(Cc1ccc(-c2ccc(C(F)(F)F)s2)cc1)C(=O)Cn1c(CCc2cccc(F)c2F)nc(=O)c2ccccc21.O=C(O)[C@H](O)[C@@H](O)C(=O)O. The van der Waals surface area contributed by atoms with Crippen molar-refractivity contribution >= 4 is 40.1 Å². The number of rotatable bonds is 16. The number of likely N-dealkylation sites (N-methyl/N-ethyl adjacent to an activating group) is 1. The first-order valence-electron chi connectivity index (χ1n) is 17.9. The Kier molecular flexibility index (Phi) is 15.7.